The smallest absolute Gasteiger partial charge is 0.136 e. The monoisotopic (exact) mass is 587 g/mol. The summed E-state index contributed by atoms with van der Waals surface area (Å²) in [6, 6.07) is 4.38. The molecule has 1 heterocycles. The molecule has 1 heteroatoms. The van der Waals surface area contributed by atoms with Gasteiger partial charge in [-0.2, -0.15) is 0 Å². The van der Waals surface area contributed by atoms with Crippen LogP contribution in [0.15, 0.2) is 162 Å². The number of fused-ring (bicyclic) bond motifs is 10. The molecule has 1 aromatic heterocycles. The van der Waals surface area contributed by atoms with Crippen LogP contribution >= 0.6 is 0 Å². The largest absolute Gasteiger partial charge is 0.456 e. The van der Waals surface area contributed by atoms with Gasteiger partial charge < -0.3 is 4.42 Å². The van der Waals surface area contributed by atoms with Gasteiger partial charge in [0.1, 0.15) is 11.2 Å². The summed E-state index contributed by atoms with van der Waals surface area (Å²) >= 11 is 0. The summed E-state index contributed by atoms with van der Waals surface area (Å²) < 4.78 is 160. The van der Waals surface area contributed by atoms with E-state index in [2.05, 4.69) is 0 Å². The Hall–Kier alpha value is -5.92. The Labute approximate surface area is 283 Å². The van der Waals surface area contributed by atoms with Crippen molar-refractivity contribution in [3.8, 4) is 22.3 Å². The Balaban J connectivity index is 1.49. The molecule has 1 nitrogen and oxygen atoms in total. The fourth-order valence-corrected chi connectivity index (χ4v) is 6.49. The second kappa shape index (κ2) is 9.29. The van der Waals surface area contributed by atoms with Gasteiger partial charge in [0.15, 0.2) is 0 Å². The van der Waals surface area contributed by atoms with Crippen molar-refractivity contribution in [3.63, 3.8) is 0 Å². The van der Waals surface area contributed by atoms with Crippen LogP contribution in [0, 0.1) is 0 Å². The summed E-state index contributed by atoms with van der Waals surface area (Å²) in [4.78, 5) is 0. The fraction of sp³-hybridized carbons (Fsp3) is 0. The molecule has 0 aliphatic carbocycles. The Kier molecular flexibility index (Phi) is 2.76. The third kappa shape index (κ3) is 3.50. The third-order valence-corrected chi connectivity index (χ3v) is 8.40. The lowest BCUT2D eigenvalue weighted by atomic mass is 9.84. The Morgan fingerprint density at radius 2 is 1.09 bits per heavy atom. The molecule has 0 spiro atoms. The van der Waals surface area contributed by atoms with E-state index in [0.717, 1.165) is 16.2 Å². The molecule has 0 atom stereocenters. The van der Waals surface area contributed by atoms with Crippen molar-refractivity contribution < 1.29 is 27.7 Å². The van der Waals surface area contributed by atoms with E-state index in [4.69, 9.17) is 19.5 Å². The van der Waals surface area contributed by atoms with Crippen molar-refractivity contribution in [2.75, 3.05) is 0 Å². The molecule has 10 aromatic rings. The van der Waals surface area contributed by atoms with Crippen LogP contribution < -0.4 is 0 Å². The second-order valence-electron chi connectivity index (χ2n) is 10.7. The van der Waals surface area contributed by atoms with Gasteiger partial charge in [-0.25, -0.2) is 0 Å². The van der Waals surface area contributed by atoms with E-state index < -0.39 is 135 Å². The molecule has 0 unspecified atom stereocenters. The van der Waals surface area contributed by atoms with Gasteiger partial charge in [0.2, 0.25) is 0 Å². The standard InChI is InChI=1S/C44H26O/c1-3-12-30-27(10-1)20-23-33-32(30)18-9-19-34(33)43-37-16-7-5-14-35(37)42(36-15-6-8-17-38(36)43)29-21-24-39-41(26-29)45-40-25-22-28-11-2-4-13-31(28)44(39)40/h1-26H/i1D,3D,5D,6D,7D,8D,9D,10D,12D,14D,15D,16D,17D,18D,19D,20D,23D. The normalized spacial score (nSPS) is 17.3. The van der Waals surface area contributed by atoms with Gasteiger partial charge in [0.25, 0.3) is 0 Å². The Bertz CT molecular complexity index is 3700. The van der Waals surface area contributed by atoms with Crippen molar-refractivity contribution in [2.24, 2.45) is 0 Å². The zero-order valence-electron chi connectivity index (χ0n) is 40.1. The van der Waals surface area contributed by atoms with Gasteiger partial charge in [-0.1, -0.05) is 139 Å². The maximum atomic E-state index is 9.44. The predicted molar refractivity (Wildman–Crippen MR) is 192 cm³/mol. The van der Waals surface area contributed by atoms with E-state index >= 15 is 0 Å². The zero-order valence-corrected chi connectivity index (χ0v) is 23.1. The number of furan rings is 1. The second-order valence-corrected chi connectivity index (χ2v) is 10.7. The molecular formula is C44H26O. The van der Waals surface area contributed by atoms with Gasteiger partial charge in [-0.15, -0.1) is 0 Å². The van der Waals surface area contributed by atoms with E-state index in [1.165, 1.54) is 0 Å². The average Bonchev–Trinajstić information content (AvgIpc) is 3.65. The van der Waals surface area contributed by atoms with E-state index in [-0.39, 0.29) is 32.7 Å². The van der Waals surface area contributed by atoms with Gasteiger partial charge in [-0.3, -0.25) is 0 Å². The van der Waals surface area contributed by atoms with Crippen LogP contribution in [-0.2, 0) is 0 Å². The first-order chi connectivity index (χ1) is 29.4. The molecule has 208 valence electrons. The third-order valence-electron chi connectivity index (χ3n) is 8.40. The van der Waals surface area contributed by atoms with Crippen LogP contribution in [0.4, 0.5) is 0 Å². The van der Waals surface area contributed by atoms with E-state index in [1.54, 1.807) is 18.2 Å². The average molecular weight is 588 g/mol. The molecule has 0 amide bonds. The van der Waals surface area contributed by atoms with Gasteiger partial charge in [0.05, 0.1) is 23.3 Å². The van der Waals surface area contributed by atoms with Gasteiger partial charge >= 0.3 is 0 Å². The van der Waals surface area contributed by atoms with Crippen LogP contribution in [0.25, 0.3) is 98.1 Å². The van der Waals surface area contributed by atoms with Crippen molar-refractivity contribution >= 4 is 75.8 Å². The van der Waals surface area contributed by atoms with Crippen molar-refractivity contribution in [1.82, 2.24) is 0 Å². The van der Waals surface area contributed by atoms with Gasteiger partial charge in [-0.05, 0) is 94.3 Å². The first-order valence-corrected chi connectivity index (χ1v) is 14.1. The molecule has 0 aliphatic heterocycles. The highest BCUT2D eigenvalue weighted by Gasteiger charge is 2.19. The molecule has 0 saturated carbocycles. The lowest BCUT2D eigenvalue weighted by Gasteiger charge is -2.19. The lowest BCUT2D eigenvalue weighted by molar-refractivity contribution is 0.669. The van der Waals surface area contributed by atoms with Crippen LogP contribution in [0.3, 0.4) is 0 Å². The molecule has 45 heavy (non-hydrogen) atoms. The molecule has 0 fully saturated rings. The summed E-state index contributed by atoms with van der Waals surface area (Å²) in [6.45, 7) is 0. The van der Waals surface area contributed by atoms with Crippen molar-refractivity contribution in [1.29, 1.82) is 0 Å². The molecule has 0 radical (unpaired) electrons. The summed E-state index contributed by atoms with van der Waals surface area (Å²) in [5.74, 6) is 0. The Morgan fingerprint density at radius 3 is 1.89 bits per heavy atom. The minimum absolute atomic E-state index is 0.0316. The number of hydrogen-bond acceptors (Lipinski definition) is 1. The first-order valence-electron chi connectivity index (χ1n) is 22.6. The SMILES string of the molecule is [2H]c1c([2H])c([2H])c2c(-c3c([2H])c([2H])c([2H])c4c3c([2H])c([2H])c3c([2H])c([2H])c([2H])c([2H])c34)c3c([2H])c([2H])c([2H])c([2H])c3c(-c3ccc4c(c3)oc3ccc5ccccc5c34)c2c1[2H]. The van der Waals surface area contributed by atoms with Crippen molar-refractivity contribution in [2.45, 2.75) is 0 Å². The minimum Gasteiger partial charge on any atom is -0.456 e. The highest BCUT2D eigenvalue weighted by Crippen LogP contribution is 2.46. The first kappa shape index (κ1) is 13.4. The van der Waals surface area contributed by atoms with E-state index in [1.807, 2.05) is 36.4 Å². The summed E-state index contributed by atoms with van der Waals surface area (Å²) in [7, 11) is 0. The fourth-order valence-electron chi connectivity index (χ4n) is 6.49. The molecule has 0 saturated heterocycles. The van der Waals surface area contributed by atoms with Crippen molar-refractivity contribution in [3.05, 3.63) is 157 Å². The molecule has 9 aromatic carbocycles. The summed E-state index contributed by atoms with van der Waals surface area (Å²) in [6.07, 6.45) is 0. The topological polar surface area (TPSA) is 13.1 Å². The van der Waals surface area contributed by atoms with Crippen LogP contribution in [0.2, 0.25) is 0 Å². The van der Waals surface area contributed by atoms with E-state index in [0.29, 0.717) is 16.6 Å². The predicted octanol–water partition coefficient (Wildman–Crippen LogP) is 12.7. The number of hydrogen-bond donors (Lipinski definition) is 0. The highest BCUT2D eigenvalue weighted by atomic mass is 16.3. The van der Waals surface area contributed by atoms with Crippen LogP contribution in [0.5, 0.6) is 0 Å². The zero-order chi connectivity index (χ0) is 44.3. The Morgan fingerprint density at radius 1 is 0.400 bits per heavy atom. The quantitative estimate of drug-likeness (QED) is 0.145. The maximum Gasteiger partial charge on any atom is 0.136 e. The maximum absolute atomic E-state index is 9.44. The molecule has 0 N–H and O–H groups in total. The van der Waals surface area contributed by atoms with Gasteiger partial charge in [0, 0.05) is 10.8 Å². The lowest BCUT2D eigenvalue weighted by Crippen LogP contribution is -1.91. The number of benzene rings is 9. The summed E-state index contributed by atoms with van der Waals surface area (Å²) in [5, 5.41) is 0.524. The molecule has 0 aliphatic rings. The summed E-state index contributed by atoms with van der Waals surface area (Å²) in [5.41, 5.74) is 0.226. The number of rotatable bonds is 2. The molecular weight excluding hydrogens is 544 g/mol. The minimum atomic E-state index is -0.812. The molecule has 0 bridgehead atoms. The van der Waals surface area contributed by atoms with E-state index in [9.17, 15) is 8.22 Å². The molecule has 10 rings (SSSR count). The van der Waals surface area contributed by atoms with Crippen LogP contribution in [-0.4, -0.2) is 0 Å². The highest BCUT2D eigenvalue weighted by molar-refractivity contribution is 6.25. The van der Waals surface area contributed by atoms with Crippen LogP contribution in [0.1, 0.15) is 23.3 Å².